The molecule has 110 valence electrons. The number of carboxylic acid groups (broad SMARTS) is 1. The quantitative estimate of drug-likeness (QED) is 0.898. The molecule has 0 bridgehead atoms. The SMILES string of the molecule is CC(C)C1CCC(C(=O)O)C(Cc2cccc(F)c2)C1. The number of hydrogen-bond donors (Lipinski definition) is 1. The van der Waals surface area contributed by atoms with Crippen LogP contribution >= 0.6 is 0 Å². The molecule has 3 heteroatoms. The predicted molar refractivity (Wildman–Crippen MR) is 76.9 cm³/mol. The predicted octanol–water partition coefficient (Wildman–Crippen LogP) is 4.14. The molecule has 3 unspecified atom stereocenters. The van der Waals surface area contributed by atoms with E-state index >= 15 is 0 Å². The van der Waals surface area contributed by atoms with Crippen molar-refractivity contribution in [1.82, 2.24) is 0 Å². The van der Waals surface area contributed by atoms with Crippen LogP contribution in [0.2, 0.25) is 0 Å². The standard InChI is InChI=1S/C17H23FO2/c1-11(2)13-6-7-16(17(19)20)14(10-13)8-12-4-3-5-15(18)9-12/h3-5,9,11,13-14,16H,6-8,10H2,1-2H3,(H,19,20). The van der Waals surface area contributed by atoms with E-state index < -0.39 is 5.97 Å². The molecule has 1 aliphatic carbocycles. The van der Waals surface area contributed by atoms with Crippen molar-refractivity contribution < 1.29 is 14.3 Å². The van der Waals surface area contributed by atoms with Crippen LogP contribution in [-0.2, 0) is 11.2 Å². The summed E-state index contributed by atoms with van der Waals surface area (Å²) in [6.45, 7) is 4.40. The third-order valence-electron chi connectivity index (χ3n) is 4.67. The summed E-state index contributed by atoms with van der Waals surface area (Å²) in [5.41, 5.74) is 0.908. The monoisotopic (exact) mass is 278 g/mol. The summed E-state index contributed by atoms with van der Waals surface area (Å²) in [5.74, 6) is 0.0619. The van der Waals surface area contributed by atoms with E-state index in [0.717, 1.165) is 24.8 Å². The molecule has 1 aliphatic rings. The number of hydrogen-bond acceptors (Lipinski definition) is 1. The largest absolute Gasteiger partial charge is 0.481 e. The normalized spacial score (nSPS) is 26.7. The van der Waals surface area contributed by atoms with Crippen molar-refractivity contribution in [2.75, 3.05) is 0 Å². The van der Waals surface area contributed by atoms with Gasteiger partial charge in [0.25, 0.3) is 0 Å². The molecule has 1 N–H and O–H groups in total. The van der Waals surface area contributed by atoms with Crippen molar-refractivity contribution in [3.05, 3.63) is 35.6 Å². The lowest BCUT2D eigenvalue weighted by Crippen LogP contribution is -2.33. The van der Waals surface area contributed by atoms with Gasteiger partial charge < -0.3 is 5.11 Å². The Balaban J connectivity index is 2.13. The van der Waals surface area contributed by atoms with Crippen LogP contribution in [0.3, 0.4) is 0 Å². The maximum atomic E-state index is 13.3. The molecule has 1 saturated carbocycles. The van der Waals surface area contributed by atoms with Crippen molar-refractivity contribution in [1.29, 1.82) is 0 Å². The summed E-state index contributed by atoms with van der Waals surface area (Å²) in [6.07, 6.45) is 3.34. The molecule has 0 heterocycles. The molecular formula is C17H23FO2. The van der Waals surface area contributed by atoms with E-state index in [1.165, 1.54) is 12.1 Å². The minimum Gasteiger partial charge on any atom is -0.481 e. The Morgan fingerprint density at radius 1 is 1.40 bits per heavy atom. The molecule has 0 aliphatic heterocycles. The van der Waals surface area contributed by atoms with Crippen LogP contribution in [0.5, 0.6) is 0 Å². The second-order valence-corrected chi connectivity index (χ2v) is 6.36. The number of benzene rings is 1. The van der Waals surface area contributed by atoms with Gasteiger partial charge in [-0.2, -0.15) is 0 Å². The summed E-state index contributed by atoms with van der Waals surface area (Å²) in [6, 6.07) is 6.54. The Labute approximate surface area is 120 Å². The highest BCUT2D eigenvalue weighted by atomic mass is 19.1. The zero-order chi connectivity index (χ0) is 14.7. The van der Waals surface area contributed by atoms with Crippen molar-refractivity contribution in [2.24, 2.45) is 23.7 Å². The van der Waals surface area contributed by atoms with Gasteiger partial charge in [0.15, 0.2) is 0 Å². The van der Waals surface area contributed by atoms with Crippen LogP contribution in [0.15, 0.2) is 24.3 Å². The molecule has 0 saturated heterocycles. The Hall–Kier alpha value is -1.38. The molecule has 1 aromatic rings. The fourth-order valence-corrected chi connectivity index (χ4v) is 3.42. The first-order valence-corrected chi connectivity index (χ1v) is 7.44. The van der Waals surface area contributed by atoms with Gasteiger partial charge in [-0.25, -0.2) is 4.39 Å². The number of aliphatic carboxylic acids is 1. The summed E-state index contributed by atoms with van der Waals surface area (Å²) in [4.78, 5) is 11.4. The van der Waals surface area contributed by atoms with Gasteiger partial charge >= 0.3 is 5.97 Å². The molecular weight excluding hydrogens is 255 g/mol. The van der Waals surface area contributed by atoms with Crippen molar-refractivity contribution in [2.45, 2.75) is 39.5 Å². The highest BCUT2D eigenvalue weighted by molar-refractivity contribution is 5.70. The molecule has 3 atom stereocenters. The van der Waals surface area contributed by atoms with Crippen LogP contribution in [0.4, 0.5) is 4.39 Å². The Morgan fingerprint density at radius 3 is 2.75 bits per heavy atom. The molecule has 0 amide bonds. The van der Waals surface area contributed by atoms with E-state index in [4.69, 9.17) is 0 Å². The van der Waals surface area contributed by atoms with Gasteiger partial charge in [-0.05, 0) is 61.1 Å². The lowest BCUT2D eigenvalue weighted by Gasteiger charge is -2.36. The van der Waals surface area contributed by atoms with E-state index in [0.29, 0.717) is 18.3 Å². The van der Waals surface area contributed by atoms with Crippen LogP contribution in [0.25, 0.3) is 0 Å². The highest BCUT2D eigenvalue weighted by Crippen LogP contribution is 2.39. The first kappa shape index (κ1) is 15.0. The highest BCUT2D eigenvalue weighted by Gasteiger charge is 2.35. The summed E-state index contributed by atoms with van der Waals surface area (Å²) < 4.78 is 13.3. The van der Waals surface area contributed by atoms with Gasteiger partial charge in [0.1, 0.15) is 5.82 Å². The summed E-state index contributed by atoms with van der Waals surface area (Å²) >= 11 is 0. The molecule has 0 radical (unpaired) electrons. The van der Waals surface area contributed by atoms with E-state index in [1.807, 2.05) is 6.07 Å². The van der Waals surface area contributed by atoms with Crippen LogP contribution in [0, 0.1) is 29.5 Å². The fraction of sp³-hybridized carbons (Fsp3) is 0.588. The minimum absolute atomic E-state index is 0.121. The van der Waals surface area contributed by atoms with Crippen molar-refractivity contribution in [3.63, 3.8) is 0 Å². The number of rotatable bonds is 4. The second kappa shape index (κ2) is 6.38. The van der Waals surface area contributed by atoms with Gasteiger partial charge in [0.2, 0.25) is 0 Å². The van der Waals surface area contributed by atoms with Gasteiger partial charge in [-0.15, -0.1) is 0 Å². The lowest BCUT2D eigenvalue weighted by atomic mass is 9.69. The smallest absolute Gasteiger partial charge is 0.306 e. The van der Waals surface area contributed by atoms with Crippen molar-refractivity contribution in [3.8, 4) is 0 Å². The van der Waals surface area contributed by atoms with E-state index in [1.54, 1.807) is 6.07 Å². The summed E-state index contributed by atoms with van der Waals surface area (Å²) in [5, 5.41) is 9.39. The first-order valence-electron chi connectivity index (χ1n) is 7.44. The third-order valence-corrected chi connectivity index (χ3v) is 4.67. The molecule has 2 nitrogen and oxygen atoms in total. The van der Waals surface area contributed by atoms with Crippen LogP contribution < -0.4 is 0 Å². The average Bonchev–Trinajstić information content (AvgIpc) is 2.38. The van der Waals surface area contributed by atoms with Gasteiger partial charge in [-0.3, -0.25) is 4.79 Å². The maximum absolute atomic E-state index is 13.3. The molecule has 1 fully saturated rings. The van der Waals surface area contributed by atoms with Crippen LogP contribution in [0.1, 0.15) is 38.7 Å². The van der Waals surface area contributed by atoms with E-state index in [-0.39, 0.29) is 17.7 Å². The first-order chi connectivity index (χ1) is 9.47. The average molecular weight is 278 g/mol. The Kier molecular flexibility index (Phi) is 4.79. The zero-order valence-electron chi connectivity index (χ0n) is 12.2. The summed E-state index contributed by atoms with van der Waals surface area (Å²) in [7, 11) is 0. The zero-order valence-corrected chi connectivity index (χ0v) is 12.2. The van der Waals surface area contributed by atoms with E-state index in [2.05, 4.69) is 13.8 Å². The van der Waals surface area contributed by atoms with Crippen molar-refractivity contribution >= 4 is 5.97 Å². The fourth-order valence-electron chi connectivity index (χ4n) is 3.42. The van der Waals surface area contributed by atoms with Crippen LogP contribution in [-0.4, -0.2) is 11.1 Å². The third kappa shape index (κ3) is 3.59. The van der Waals surface area contributed by atoms with E-state index in [9.17, 15) is 14.3 Å². The molecule has 0 aromatic heterocycles. The molecule has 2 rings (SSSR count). The number of halogens is 1. The molecule has 0 spiro atoms. The molecule has 20 heavy (non-hydrogen) atoms. The van der Waals surface area contributed by atoms with Gasteiger partial charge in [0.05, 0.1) is 5.92 Å². The Morgan fingerprint density at radius 2 is 2.15 bits per heavy atom. The topological polar surface area (TPSA) is 37.3 Å². The number of carbonyl (C=O) groups is 1. The second-order valence-electron chi connectivity index (χ2n) is 6.36. The number of carboxylic acids is 1. The minimum atomic E-state index is -0.700. The van der Waals surface area contributed by atoms with Gasteiger partial charge in [0, 0.05) is 0 Å². The lowest BCUT2D eigenvalue weighted by molar-refractivity contribution is -0.145. The molecule has 1 aromatic carbocycles. The maximum Gasteiger partial charge on any atom is 0.306 e. The van der Waals surface area contributed by atoms with Gasteiger partial charge in [-0.1, -0.05) is 26.0 Å². The Bertz CT molecular complexity index is 470.